The Hall–Kier alpha value is -3.56. The highest BCUT2D eigenvalue weighted by Gasteiger charge is 2.27. The third kappa shape index (κ3) is 3.44. The molecule has 1 N–H and O–H groups in total. The lowest BCUT2D eigenvalue weighted by Gasteiger charge is -2.29. The fourth-order valence-electron chi connectivity index (χ4n) is 3.74. The van der Waals surface area contributed by atoms with Gasteiger partial charge in [-0.3, -0.25) is 18.5 Å². The largest absolute Gasteiger partial charge is 0.465 e. The number of aryl methyl sites for hydroxylation is 1. The van der Waals surface area contributed by atoms with E-state index in [1.165, 1.54) is 16.5 Å². The molecule has 1 aliphatic heterocycles. The third-order valence-electron chi connectivity index (χ3n) is 5.48. The van der Waals surface area contributed by atoms with Crippen LogP contribution in [0.3, 0.4) is 0 Å². The number of likely N-dealkylation sites (tertiary alicyclic amines) is 1. The minimum atomic E-state index is -0.941. The second-order valence-corrected chi connectivity index (χ2v) is 7.43. The van der Waals surface area contributed by atoms with Gasteiger partial charge in [-0.15, -0.1) is 0 Å². The van der Waals surface area contributed by atoms with E-state index in [1.807, 2.05) is 30.3 Å². The Labute approximate surface area is 171 Å². The molecule has 0 bridgehead atoms. The number of imidazole rings is 1. The molecule has 158 valence electrons. The Morgan fingerprint density at radius 1 is 1.13 bits per heavy atom. The van der Waals surface area contributed by atoms with Crippen molar-refractivity contribution in [1.82, 2.24) is 23.6 Å². The van der Waals surface area contributed by atoms with Gasteiger partial charge >= 0.3 is 11.8 Å². The summed E-state index contributed by atoms with van der Waals surface area (Å²) in [7, 11) is 3.01. The molecule has 0 aliphatic carbocycles. The van der Waals surface area contributed by atoms with Gasteiger partial charge in [-0.25, -0.2) is 9.59 Å². The minimum absolute atomic E-state index is 0.229. The van der Waals surface area contributed by atoms with Gasteiger partial charge in [-0.05, 0) is 5.56 Å². The molecule has 0 spiro atoms. The van der Waals surface area contributed by atoms with Crippen LogP contribution in [0.25, 0.3) is 11.2 Å². The standard InChI is InChI=1S/C20H23N5O5/c1-22-16-15(17(26)23(2)19(22)27)25(12-13-6-4-3-5-7-13)18(21-16)30-14-8-10-24(11-9-14)20(28)29/h3-7,14H,8-12H2,1-2H3,(H,28,29). The van der Waals surface area contributed by atoms with Crippen molar-refractivity contribution in [2.24, 2.45) is 14.1 Å². The van der Waals surface area contributed by atoms with Crippen LogP contribution in [0.15, 0.2) is 39.9 Å². The summed E-state index contributed by atoms with van der Waals surface area (Å²) in [4.78, 5) is 42.2. The molecular weight excluding hydrogens is 390 g/mol. The molecule has 0 saturated carbocycles. The van der Waals surface area contributed by atoms with Gasteiger partial charge in [0, 0.05) is 40.0 Å². The highest BCUT2D eigenvalue weighted by molar-refractivity contribution is 5.72. The average molecular weight is 413 g/mol. The van der Waals surface area contributed by atoms with E-state index < -0.39 is 17.3 Å². The number of rotatable bonds is 4. The predicted molar refractivity (Wildman–Crippen MR) is 109 cm³/mol. The van der Waals surface area contributed by atoms with Crippen LogP contribution in [0.5, 0.6) is 6.01 Å². The maximum Gasteiger partial charge on any atom is 0.407 e. The maximum atomic E-state index is 12.9. The summed E-state index contributed by atoms with van der Waals surface area (Å²) in [6.45, 7) is 1.10. The van der Waals surface area contributed by atoms with E-state index in [2.05, 4.69) is 4.98 Å². The van der Waals surface area contributed by atoms with Crippen LogP contribution >= 0.6 is 0 Å². The number of carboxylic acid groups (broad SMARTS) is 1. The number of ether oxygens (including phenoxy) is 1. The Balaban J connectivity index is 1.76. The number of hydrogen-bond donors (Lipinski definition) is 1. The number of amides is 1. The SMILES string of the molecule is Cn1c(=O)c2c(nc(OC3CCN(C(=O)O)CC3)n2Cc2ccccc2)n(C)c1=O. The number of hydrogen-bond acceptors (Lipinski definition) is 5. The van der Waals surface area contributed by atoms with Crippen molar-refractivity contribution in [2.75, 3.05) is 13.1 Å². The normalized spacial score (nSPS) is 14.9. The first kappa shape index (κ1) is 19.7. The Morgan fingerprint density at radius 2 is 1.80 bits per heavy atom. The molecule has 10 heteroatoms. The van der Waals surface area contributed by atoms with Crippen LogP contribution < -0.4 is 16.0 Å². The smallest absolute Gasteiger partial charge is 0.407 e. The lowest BCUT2D eigenvalue weighted by Crippen LogP contribution is -2.41. The summed E-state index contributed by atoms with van der Waals surface area (Å²) in [5.41, 5.74) is 0.613. The van der Waals surface area contributed by atoms with Gasteiger partial charge in [0.05, 0.1) is 6.54 Å². The van der Waals surface area contributed by atoms with Crippen molar-refractivity contribution in [3.8, 4) is 6.01 Å². The summed E-state index contributed by atoms with van der Waals surface area (Å²) >= 11 is 0. The quantitative estimate of drug-likeness (QED) is 0.683. The topological polar surface area (TPSA) is 112 Å². The number of carbonyl (C=O) groups is 1. The van der Waals surface area contributed by atoms with Crippen molar-refractivity contribution < 1.29 is 14.6 Å². The molecule has 1 amide bonds. The summed E-state index contributed by atoms with van der Waals surface area (Å²) < 4.78 is 10.2. The molecule has 3 heterocycles. The van der Waals surface area contributed by atoms with Crippen LogP contribution in [0.2, 0.25) is 0 Å². The predicted octanol–water partition coefficient (Wildman–Crippen LogP) is 1.00. The molecule has 1 aromatic carbocycles. The number of piperidine rings is 1. The highest BCUT2D eigenvalue weighted by atomic mass is 16.5. The minimum Gasteiger partial charge on any atom is -0.465 e. The first-order valence-corrected chi connectivity index (χ1v) is 9.71. The van der Waals surface area contributed by atoms with E-state index in [0.717, 1.165) is 10.1 Å². The number of benzene rings is 1. The second kappa shape index (κ2) is 7.69. The van der Waals surface area contributed by atoms with Gasteiger partial charge < -0.3 is 14.7 Å². The summed E-state index contributed by atoms with van der Waals surface area (Å²) in [5, 5.41) is 9.13. The molecule has 1 saturated heterocycles. The zero-order valence-electron chi connectivity index (χ0n) is 16.8. The van der Waals surface area contributed by atoms with Crippen LogP contribution in [0.4, 0.5) is 4.79 Å². The molecule has 10 nitrogen and oxygen atoms in total. The summed E-state index contributed by atoms with van der Waals surface area (Å²) in [6.07, 6.45) is -0.119. The Bertz CT molecular complexity index is 1200. The molecule has 1 aliphatic rings. The fourth-order valence-corrected chi connectivity index (χ4v) is 3.74. The van der Waals surface area contributed by atoms with E-state index in [-0.39, 0.29) is 17.8 Å². The third-order valence-corrected chi connectivity index (χ3v) is 5.48. The fraction of sp³-hybridized carbons (Fsp3) is 0.400. The highest BCUT2D eigenvalue weighted by Crippen LogP contribution is 2.23. The van der Waals surface area contributed by atoms with Crippen LogP contribution in [-0.2, 0) is 20.6 Å². The van der Waals surface area contributed by atoms with Gasteiger partial charge in [-0.2, -0.15) is 4.98 Å². The van der Waals surface area contributed by atoms with Gasteiger partial charge in [0.1, 0.15) is 6.10 Å². The van der Waals surface area contributed by atoms with E-state index in [9.17, 15) is 14.4 Å². The van der Waals surface area contributed by atoms with Gasteiger partial charge in [0.25, 0.3) is 11.6 Å². The zero-order valence-corrected chi connectivity index (χ0v) is 16.8. The first-order valence-electron chi connectivity index (χ1n) is 9.71. The van der Waals surface area contributed by atoms with Gasteiger partial charge in [0.15, 0.2) is 11.2 Å². The molecule has 0 atom stereocenters. The van der Waals surface area contributed by atoms with Crippen LogP contribution in [-0.4, -0.2) is 54.0 Å². The molecule has 0 radical (unpaired) electrons. The van der Waals surface area contributed by atoms with Crippen LogP contribution in [0.1, 0.15) is 18.4 Å². The molecular formula is C20H23N5O5. The molecule has 30 heavy (non-hydrogen) atoms. The molecule has 3 aromatic rings. The zero-order chi connectivity index (χ0) is 21.4. The van der Waals surface area contributed by atoms with Crippen molar-refractivity contribution in [3.05, 3.63) is 56.7 Å². The van der Waals surface area contributed by atoms with Crippen LogP contribution in [0, 0.1) is 0 Å². The summed E-state index contributed by atoms with van der Waals surface area (Å²) in [6, 6.07) is 9.85. The molecule has 0 unspecified atom stereocenters. The lowest BCUT2D eigenvalue weighted by molar-refractivity contribution is 0.0825. The first-order chi connectivity index (χ1) is 14.4. The van der Waals surface area contributed by atoms with E-state index >= 15 is 0 Å². The molecule has 2 aromatic heterocycles. The molecule has 1 fully saturated rings. The van der Waals surface area contributed by atoms with Gasteiger partial charge in [0.2, 0.25) is 0 Å². The monoisotopic (exact) mass is 413 g/mol. The number of fused-ring (bicyclic) bond motifs is 1. The Kier molecular flexibility index (Phi) is 5.06. The number of aromatic nitrogens is 4. The van der Waals surface area contributed by atoms with Crippen molar-refractivity contribution >= 4 is 17.3 Å². The number of nitrogens with zero attached hydrogens (tertiary/aromatic N) is 5. The van der Waals surface area contributed by atoms with E-state index in [1.54, 1.807) is 11.6 Å². The second-order valence-electron chi connectivity index (χ2n) is 7.43. The van der Waals surface area contributed by atoms with Crippen molar-refractivity contribution in [2.45, 2.75) is 25.5 Å². The van der Waals surface area contributed by atoms with E-state index in [4.69, 9.17) is 9.84 Å². The summed E-state index contributed by atoms with van der Waals surface area (Å²) in [5.74, 6) is 0. The van der Waals surface area contributed by atoms with Crippen molar-refractivity contribution in [1.29, 1.82) is 0 Å². The van der Waals surface area contributed by atoms with Crippen molar-refractivity contribution in [3.63, 3.8) is 0 Å². The maximum absolute atomic E-state index is 12.9. The molecule has 4 rings (SSSR count). The van der Waals surface area contributed by atoms with Gasteiger partial charge in [-0.1, -0.05) is 30.3 Å². The average Bonchev–Trinajstić information content (AvgIpc) is 3.10. The Morgan fingerprint density at radius 3 is 2.43 bits per heavy atom. The lowest BCUT2D eigenvalue weighted by atomic mass is 10.1. The van der Waals surface area contributed by atoms with E-state index in [0.29, 0.717) is 38.0 Å².